The van der Waals surface area contributed by atoms with E-state index in [2.05, 4.69) is 4.99 Å². The summed E-state index contributed by atoms with van der Waals surface area (Å²) in [4.78, 5) is 29.9. The normalized spacial score (nSPS) is 15.6. The Hall–Kier alpha value is -3.88. The Balaban J connectivity index is 2.02. The first-order valence-corrected chi connectivity index (χ1v) is 12.0. The topological polar surface area (TPSA) is 93.7 Å². The van der Waals surface area contributed by atoms with E-state index in [9.17, 15) is 22.8 Å². The molecule has 190 valence electrons. The van der Waals surface area contributed by atoms with Crippen LogP contribution in [0, 0.1) is 11.3 Å². The number of allylic oxidation sites excluding steroid dienone is 1. The zero-order valence-corrected chi connectivity index (χ0v) is 20.7. The van der Waals surface area contributed by atoms with Crippen LogP contribution in [0.1, 0.15) is 24.1 Å². The van der Waals surface area contributed by atoms with Crippen LogP contribution in [0.2, 0.25) is 5.02 Å². The van der Waals surface area contributed by atoms with Gasteiger partial charge in [0.2, 0.25) is 0 Å². The maximum absolute atomic E-state index is 14.2. The fraction of sp³-hybridized carbons (Fsp3) is 0.200. The predicted molar refractivity (Wildman–Crippen MR) is 130 cm³/mol. The zero-order valence-electron chi connectivity index (χ0n) is 19.1. The summed E-state index contributed by atoms with van der Waals surface area (Å²) in [6.07, 6.45) is -3.56. The third-order valence-corrected chi connectivity index (χ3v) is 6.51. The summed E-state index contributed by atoms with van der Waals surface area (Å²) in [5.41, 5.74) is -2.24. The minimum absolute atomic E-state index is 0.0531. The molecular formula is C25H17ClF3N3O4S. The summed E-state index contributed by atoms with van der Waals surface area (Å²) in [6.45, 7) is 1.05. The molecule has 0 aliphatic carbocycles. The van der Waals surface area contributed by atoms with Crippen LogP contribution in [0.5, 0.6) is 5.75 Å². The molecule has 1 aliphatic heterocycles. The van der Waals surface area contributed by atoms with Crippen molar-refractivity contribution in [1.29, 1.82) is 5.26 Å². The van der Waals surface area contributed by atoms with E-state index in [0.29, 0.717) is 16.3 Å². The van der Waals surface area contributed by atoms with Crippen LogP contribution >= 0.6 is 22.9 Å². The monoisotopic (exact) mass is 547 g/mol. The van der Waals surface area contributed by atoms with Crippen LogP contribution in [0.4, 0.5) is 13.2 Å². The maximum Gasteiger partial charge on any atom is 0.434 e. The molecule has 0 spiro atoms. The van der Waals surface area contributed by atoms with Crippen molar-refractivity contribution in [2.45, 2.75) is 19.1 Å². The smallest absolute Gasteiger partial charge is 0.434 e. The van der Waals surface area contributed by atoms with Crippen molar-refractivity contribution in [1.82, 2.24) is 4.57 Å². The summed E-state index contributed by atoms with van der Waals surface area (Å²) in [7, 11) is 0. The van der Waals surface area contributed by atoms with E-state index >= 15 is 0 Å². The quantitative estimate of drug-likeness (QED) is 0.436. The van der Waals surface area contributed by atoms with Gasteiger partial charge in [0.05, 0.1) is 22.8 Å². The van der Waals surface area contributed by atoms with E-state index in [0.717, 1.165) is 15.9 Å². The fourth-order valence-corrected chi connectivity index (χ4v) is 4.90. The molecule has 37 heavy (non-hydrogen) atoms. The molecular weight excluding hydrogens is 531 g/mol. The number of hydrogen-bond acceptors (Lipinski definition) is 7. The van der Waals surface area contributed by atoms with Crippen LogP contribution in [-0.4, -0.2) is 29.9 Å². The lowest BCUT2D eigenvalue weighted by molar-refractivity contribution is -0.140. The van der Waals surface area contributed by atoms with Gasteiger partial charge in [-0.1, -0.05) is 53.3 Å². The molecule has 1 atom stereocenters. The molecule has 0 unspecified atom stereocenters. The molecule has 1 aliphatic rings. The van der Waals surface area contributed by atoms with Crippen molar-refractivity contribution < 1.29 is 27.4 Å². The molecule has 1 aromatic heterocycles. The number of benzene rings is 2. The average Bonchev–Trinajstić information content (AvgIpc) is 3.17. The number of nitrogens with zero attached hydrogens (tertiary/aromatic N) is 3. The van der Waals surface area contributed by atoms with Crippen LogP contribution in [-0.2, 0) is 9.53 Å². The number of esters is 1. The molecule has 0 N–H and O–H groups in total. The Labute approximate surface area is 217 Å². The van der Waals surface area contributed by atoms with Gasteiger partial charge in [-0.25, -0.2) is 9.79 Å². The number of alkyl halides is 3. The number of aromatic nitrogens is 1. The molecule has 2 heterocycles. The van der Waals surface area contributed by atoms with Crippen LogP contribution in [0.3, 0.4) is 0 Å². The van der Waals surface area contributed by atoms with Crippen molar-refractivity contribution in [3.63, 3.8) is 0 Å². The number of para-hydroxylation sites is 1. The first-order valence-electron chi connectivity index (χ1n) is 10.8. The first kappa shape index (κ1) is 26.2. The van der Waals surface area contributed by atoms with Crippen molar-refractivity contribution >= 4 is 35.0 Å². The number of hydrogen-bond donors (Lipinski definition) is 0. The van der Waals surface area contributed by atoms with E-state index < -0.39 is 35.0 Å². The largest absolute Gasteiger partial charge is 0.478 e. The lowest BCUT2D eigenvalue weighted by Crippen LogP contribution is -2.41. The molecule has 0 radical (unpaired) electrons. The Morgan fingerprint density at radius 1 is 1.24 bits per heavy atom. The van der Waals surface area contributed by atoms with E-state index in [-0.39, 0.29) is 28.1 Å². The van der Waals surface area contributed by atoms with Crippen molar-refractivity contribution in [2.24, 2.45) is 4.99 Å². The molecule has 3 aromatic rings. The van der Waals surface area contributed by atoms with Gasteiger partial charge in [0.1, 0.15) is 11.8 Å². The number of fused-ring (bicyclic) bond motifs is 1. The first-order chi connectivity index (χ1) is 17.7. The number of halogens is 4. The molecule has 2 aromatic carbocycles. The van der Waals surface area contributed by atoms with E-state index in [1.54, 1.807) is 24.3 Å². The minimum atomic E-state index is -5.00. The number of ether oxygens (including phenoxy) is 2. The Morgan fingerprint density at radius 2 is 1.95 bits per heavy atom. The van der Waals surface area contributed by atoms with Gasteiger partial charge in [-0.05, 0) is 36.8 Å². The van der Waals surface area contributed by atoms with Gasteiger partial charge in [0.25, 0.3) is 5.56 Å². The second-order valence-corrected chi connectivity index (χ2v) is 9.04. The molecule has 0 saturated heterocycles. The van der Waals surface area contributed by atoms with E-state index in [1.165, 1.54) is 37.3 Å². The molecule has 7 nitrogen and oxygen atoms in total. The van der Waals surface area contributed by atoms with Crippen molar-refractivity contribution in [2.75, 3.05) is 13.2 Å². The summed E-state index contributed by atoms with van der Waals surface area (Å²) in [5, 5.41) is 9.15. The summed E-state index contributed by atoms with van der Waals surface area (Å²) < 4.78 is 53.9. The zero-order chi connectivity index (χ0) is 26.7. The van der Waals surface area contributed by atoms with Gasteiger partial charge in [0, 0.05) is 10.6 Å². The van der Waals surface area contributed by atoms with Crippen LogP contribution in [0.25, 0.3) is 6.08 Å². The minimum Gasteiger partial charge on any atom is -0.478 e. The number of thiazole rings is 1. The lowest BCUT2D eigenvalue weighted by Gasteiger charge is -2.26. The molecule has 0 amide bonds. The highest BCUT2D eigenvalue weighted by atomic mass is 35.5. The van der Waals surface area contributed by atoms with Gasteiger partial charge in [-0.15, -0.1) is 0 Å². The van der Waals surface area contributed by atoms with E-state index in [1.807, 2.05) is 6.07 Å². The number of carbonyl (C=O) groups excluding carboxylic acids is 1. The lowest BCUT2D eigenvalue weighted by atomic mass is 9.95. The van der Waals surface area contributed by atoms with Gasteiger partial charge < -0.3 is 9.47 Å². The Bertz CT molecular complexity index is 1600. The highest BCUT2D eigenvalue weighted by Gasteiger charge is 2.45. The van der Waals surface area contributed by atoms with Gasteiger partial charge in [-0.2, -0.15) is 18.4 Å². The summed E-state index contributed by atoms with van der Waals surface area (Å²) >= 11 is 6.70. The fourth-order valence-electron chi connectivity index (χ4n) is 3.78. The molecule has 12 heteroatoms. The van der Waals surface area contributed by atoms with Gasteiger partial charge in [0.15, 0.2) is 17.1 Å². The third-order valence-electron chi connectivity index (χ3n) is 5.28. The molecule has 4 rings (SSSR count). The number of rotatable bonds is 6. The van der Waals surface area contributed by atoms with Crippen molar-refractivity contribution in [3.05, 3.63) is 95.6 Å². The predicted octanol–water partition coefficient (Wildman–Crippen LogP) is 3.90. The standard InChI is InChI=1S/C25H17ClF3N3O4S/c1-2-35-23(34)19-20(14-7-9-16(26)10-8-14)32-22(33)18(37-24(32)31-21(19)25(27,28)29)13-15-5-3-4-6-17(15)36-12-11-30/h3-10,13,20H,2,12H2,1H3/b18-13-/t20-/m0/s1. The molecule has 0 bridgehead atoms. The summed E-state index contributed by atoms with van der Waals surface area (Å²) in [5.74, 6) is -0.921. The molecule has 0 saturated carbocycles. The Morgan fingerprint density at radius 3 is 2.59 bits per heavy atom. The van der Waals surface area contributed by atoms with E-state index in [4.69, 9.17) is 26.3 Å². The average molecular weight is 548 g/mol. The third kappa shape index (κ3) is 5.30. The molecule has 0 fully saturated rings. The maximum atomic E-state index is 14.2. The SMILES string of the molecule is CCOC(=O)C1=C(C(F)(F)F)N=c2s/c(=C\c3ccccc3OCC#N)c(=O)n2[C@H]1c1ccc(Cl)cc1. The second-order valence-electron chi connectivity index (χ2n) is 7.60. The highest BCUT2D eigenvalue weighted by Crippen LogP contribution is 2.38. The van der Waals surface area contributed by atoms with Crippen LogP contribution < -0.4 is 19.6 Å². The summed E-state index contributed by atoms with van der Waals surface area (Å²) in [6, 6.07) is 12.7. The van der Waals surface area contributed by atoms with Gasteiger partial charge >= 0.3 is 12.1 Å². The highest BCUT2D eigenvalue weighted by molar-refractivity contribution is 7.07. The Kier molecular flexibility index (Phi) is 7.52. The number of nitriles is 1. The van der Waals surface area contributed by atoms with Gasteiger partial charge in [-0.3, -0.25) is 9.36 Å². The van der Waals surface area contributed by atoms with Crippen molar-refractivity contribution in [3.8, 4) is 11.8 Å². The number of carbonyl (C=O) groups is 1. The second kappa shape index (κ2) is 10.6. The van der Waals surface area contributed by atoms with Crippen LogP contribution in [0.15, 0.2) is 69.6 Å².